The van der Waals surface area contributed by atoms with Gasteiger partial charge in [0.25, 0.3) is 0 Å². The predicted molar refractivity (Wildman–Crippen MR) is 63.0 cm³/mol. The molecule has 1 N–H and O–H groups in total. The number of hydrogen-bond acceptors (Lipinski definition) is 2. The van der Waals surface area contributed by atoms with Crippen LogP contribution in [-0.2, 0) is 10.8 Å². The van der Waals surface area contributed by atoms with Gasteiger partial charge in [-0.15, -0.1) is 0 Å². The number of rotatable bonds is 5. The van der Waals surface area contributed by atoms with E-state index in [1.165, 1.54) is 38.5 Å². The first-order chi connectivity index (χ1) is 6.79. The minimum Gasteiger partial charge on any atom is -0.316 e. The Hall–Kier alpha value is 0.110. The second kappa shape index (κ2) is 7.41. The van der Waals surface area contributed by atoms with Gasteiger partial charge in [0, 0.05) is 29.4 Å². The van der Waals surface area contributed by atoms with Crippen LogP contribution < -0.4 is 5.32 Å². The zero-order chi connectivity index (χ0) is 10.2. The molecule has 0 heterocycles. The van der Waals surface area contributed by atoms with Gasteiger partial charge in [0.1, 0.15) is 0 Å². The summed E-state index contributed by atoms with van der Waals surface area (Å²) < 4.78 is 10.8. The fourth-order valence-corrected chi connectivity index (χ4v) is 2.52. The summed E-state index contributed by atoms with van der Waals surface area (Å²) in [4.78, 5) is 0. The SMILES string of the molecule is CS(=O)CCNCC1CCCCCC1. The van der Waals surface area contributed by atoms with E-state index in [1.54, 1.807) is 6.26 Å². The van der Waals surface area contributed by atoms with Crippen molar-refractivity contribution in [3.63, 3.8) is 0 Å². The normalized spacial score (nSPS) is 21.8. The van der Waals surface area contributed by atoms with Crippen molar-refractivity contribution in [2.75, 3.05) is 25.1 Å². The lowest BCUT2D eigenvalue weighted by Gasteiger charge is -2.14. The van der Waals surface area contributed by atoms with Crippen molar-refractivity contribution in [3.8, 4) is 0 Å². The van der Waals surface area contributed by atoms with Gasteiger partial charge in [0.2, 0.25) is 0 Å². The summed E-state index contributed by atoms with van der Waals surface area (Å²) in [6.45, 7) is 2.05. The molecule has 1 aliphatic carbocycles. The van der Waals surface area contributed by atoms with Crippen LogP contribution in [0.2, 0.25) is 0 Å². The Bertz CT molecular complexity index is 165. The topological polar surface area (TPSA) is 29.1 Å². The lowest BCUT2D eigenvalue weighted by molar-refractivity contribution is 0.431. The number of nitrogens with one attached hydrogen (secondary N) is 1. The highest BCUT2D eigenvalue weighted by Crippen LogP contribution is 2.21. The molecule has 1 saturated carbocycles. The van der Waals surface area contributed by atoms with Crippen molar-refractivity contribution in [3.05, 3.63) is 0 Å². The maximum Gasteiger partial charge on any atom is 0.0357 e. The molecule has 3 heteroatoms. The van der Waals surface area contributed by atoms with Crippen molar-refractivity contribution in [2.24, 2.45) is 5.92 Å². The molecule has 0 bridgehead atoms. The molecule has 1 aliphatic rings. The molecule has 0 aromatic heterocycles. The molecule has 1 fully saturated rings. The van der Waals surface area contributed by atoms with Gasteiger partial charge in [-0.3, -0.25) is 4.21 Å². The molecule has 1 unspecified atom stereocenters. The molecule has 0 spiro atoms. The third-order valence-corrected chi connectivity index (χ3v) is 3.75. The van der Waals surface area contributed by atoms with Crippen molar-refractivity contribution in [2.45, 2.75) is 38.5 Å². The van der Waals surface area contributed by atoms with Gasteiger partial charge in [-0.1, -0.05) is 25.7 Å². The van der Waals surface area contributed by atoms with E-state index in [-0.39, 0.29) is 0 Å². The van der Waals surface area contributed by atoms with E-state index in [9.17, 15) is 4.21 Å². The molecule has 0 saturated heterocycles. The Morgan fingerprint density at radius 3 is 2.43 bits per heavy atom. The first kappa shape index (κ1) is 12.2. The smallest absolute Gasteiger partial charge is 0.0357 e. The van der Waals surface area contributed by atoms with Crippen LogP contribution in [0.15, 0.2) is 0 Å². The number of hydrogen-bond donors (Lipinski definition) is 1. The van der Waals surface area contributed by atoms with Crippen LogP contribution >= 0.6 is 0 Å². The Balaban J connectivity index is 2.01. The molecule has 0 aromatic rings. The maximum absolute atomic E-state index is 10.8. The van der Waals surface area contributed by atoms with Crippen LogP contribution in [-0.4, -0.2) is 29.3 Å². The largest absolute Gasteiger partial charge is 0.316 e. The van der Waals surface area contributed by atoms with Crippen LogP contribution in [0.5, 0.6) is 0 Å². The van der Waals surface area contributed by atoms with Crippen molar-refractivity contribution in [1.82, 2.24) is 5.32 Å². The van der Waals surface area contributed by atoms with Crippen LogP contribution in [0.25, 0.3) is 0 Å². The lowest BCUT2D eigenvalue weighted by Crippen LogP contribution is -2.26. The first-order valence-corrected chi connectivity index (χ1v) is 7.52. The Labute approximate surface area is 90.3 Å². The minimum absolute atomic E-state index is 0.638. The quantitative estimate of drug-likeness (QED) is 0.563. The van der Waals surface area contributed by atoms with E-state index >= 15 is 0 Å². The van der Waals surface area contributed by atoms with Crippen LogP contribution in [0.4, 0.5) is 0 Å². The Morgan fingerprint density at radius 1 is 1.21 bits per heavy atom. The second-order valence-corrected chi connectivity index (χ2v) is 5.89. The average Bonchev–Trinajstić information content (AvgIpc) is 2.40. The molecule has 14 heavy (non-hydrogen) atoms. The van der Waals surface area contributed by atoms with E-state index in [0.29, 0.717) is 0 Å². The molecule has 84 valence electrons. The van der Waals surface area contributed by atoms with Gasteiger partial charge in [-0.2, -0.15) is 0 Å². The highest BCUT2D eigenvalue weighted by atomic mass is 32.2. The Kier molecular flexibility index (Phi) is 6.45. The summed E-state index contributed by atoms with van der Waals surface area (Å²) in [6, 6.07) is 0. The van der Waals surface area contributed by atoms with Gasteiger partial charge >= 0.3 is 0 Å². The van der Waals surface area contributed by atoms with E-state index in [2.05, 4.69) is 5.32 Å². The average molecular weight is 217 g/mol. The molecular formula is C11H23NOS. The summed E-state index contributed by atoms with van der Waals surface area (Å²) in [5, 5.41) is 3.42. The fraction of sp³-hybridized carbons (Fsp3) is 1.00. The molecule has 1 atom stereocenters. The molecule has 0 radical (unpaired) electrons. The lowest BCUT2D eigenvalue weighted by atomic mass is 10.0. The van der Waals surface area contributed by atoms with Crippen molar-refractivity contribution in [1.29, 1.82) is 0 Å². The van der Waals surface area contributed by atoms with Crippen molar-refractivity contribution >= 4 is 10.8 Å². The summed E-state index contributed by atoms with van der Waals surface area (Å²) in [6.07, 6.45) is 10.2. The van der Waals surface area contributed by atoms with Gasteiger partial charge in [0.15, 0.2) is 0 Å². The van der Waals surface area contributed by atoms with Crippen LogP contribution in [0, 0.1) is 5.92 Å². The summed E-state index contributed by atoms with van der Waals surface area (Å²) in [5.41, 5.74) is 0. The minimum atomic E-state index is -0.638. The summed E-state index contributed by atoms with van der Waals surface area (Å²) >= 11 is 0. The van der Waals surface area contributed by atoms with Gasteiger partial charge in [-0.25, -0.2) is 0 Å². The molecule has 1 rings (SSSR count). The fourth-order valence-electron chi connectivity index (χ4n) is 2.09. The first-order valence-electron chi connectivity index (χ1n) is 5.80. The van der Waals surface area contributed by atoms with E-state index in [0.717, 1.165) is 24.8 Å². The van der Waals surface area contributed by atoms with Crippen molar-refractivity contribution < 1.29 is 4.21 Å². The van der Waals surface area contributed by atoms with E-state index in [4.69, 9.17) is 0 Å². The van der Waals surface area contributed by atoms with E-state index < -0.39 is 10.8 Å². The maximum atomic E-state index is 10.8. The zero-order valence-electron chi connectivity index (χ0n) is 9.26. The van der Waals surface area contributed by atoms with Gasteiger partial charge in [0.05, 0.1) is 0 Å². The van der Waals surface area contributed by atoms with Crippen LogP contribution in [0.1, 0.15) is 38.5 Å². The standard InChI is InChI=1S/C11H23NOS/c1-14(13)9-8-12-10-11-6-4-2-3-5-7-11/h11-12H,2-10H2,1H3. The second-order valence-electron chi connectivity index (χ2n) is 4.34. The summed E-state index contributed by atoms with van der Waals surface area (Å²) in [7, 11) is -0.638. The molecule has 0 aliphatic heterocycles. The Morgan fingerprint density at radius 2 is 1.86 bits per heavy atom. The predicted octanol–water partition coefficient (Wildman–Crippen LogP) is 1.92. The molecule has 2 nitrogen and oxygen atoms in total. The monoisotopic (exact) mass is 217 g/mol. The van der Waals surface area contributed by atoms with Crippen LogP contribution in [0.3, 0.4) is 0 Å². The van der Waals surface area contributed by atoms with Gasteiger partial charge in [-0.05, 0) is 25.3 Å². The third-order valence-electron chi connectivity index (χ3n) is 2.97. The third kappa shape index (κ3) is 5.76. The summed E-state index contributed by atoms with van der Waals surface area (Å²) in [5.74, 6) is 1.68. The highest BCUT2D eigenvalue weighted by molar-refractivity contribution is 7.84. The molecule has 0 aromatic carbocycles. The zero-order valence-corrected chi connectivity index (χ0v) is 10.1. The van der Waals surface area contributed by atoms with Gasteiger partial charge < -0.3 is 5.32 Å². The highest BCUT2D eigenvalue weighted by Gasteiger charge is 2.11. The molecular weight excluding hydrogens is 194 g/mol. The van der Waals surface area contributed by atoms with E-state index in [1.807, 2.05) is 0 Å². The molecule has 0 amide bonds.